The van der Waals surface area contributed by atoms with Gasteiger partial charge in [-0.25, -0.2) is 0 Å². The number of nitrogens with one attached hydrogen (secondary N) is 1. The van der Waals surface area contributed by atoms with Crippen LogP contribution in [-0.2, 0) is 15.8 Å². The minimum atomic E-state index is -4.71. The van der Waals surface area contributed by atoms with Crippen molar-refractivity contribution in [1.82, 2.24) is 0 Å². The molecule has 1 aliphatic heterocycles. The molecule has 0 bridgehead atoms. The van der Waals surface area contributed by atoms with Gasteiger partial charge < -0.3 is 10.1 Å². The van der Waals surface area contributed by atoms with E-state index in [4.69, 9.17) is 16.3 Å². The molecule has 29 heavy (non-hydrogen) atoms. The quantitative estimate of drug-likeness (QED) is 0.590. The average Bonchev–Trinajstić information content (AvgIpc) is 2.64. The molecule has 0 unspecified atom stereocenters. The van der Waals surface area contributed by atoms with Gasteiger partial charge in [-0.05, 0) is 24.3 Å². The summed E-state index contributed by atoms with van der Waals surface area (Å²) in [5, 5.41) is 12.7. The van der Waals surface area contributed by atoms with Crippen molar-refractivity contribution in [3.63, 3.8) is 0 Å². The topological polar surface area (TPSA) is 102 Å². The first-order valence-corrected chi connectivity index (χ1v) is 8.32. The van der Waals surface area contributed by atoms with Crippen LogP contribution in [0.2, 0.25) is 5.02 Å². The molecule has 0 radical (unpaired) electrons. The molecule has 2 amide bonds. The van der Waals surface area contributed by atoms with Crippen LogP contribution < -0.4 is 15.0 Å². The van der Waals surface area contributed by atoms with Crippen molar-refractivity contribution in [2.75, 3.05) is 23.4 Å². The van der Waals surface area contributed by atoms with E-state index in [1.165, 1.54) is 18.2 Å². The van der Waals surface area contributed by atoms with Crippen molar-refractivity contribution in [1.29, 1.82) is 0 Å². The molecule has 2 aromatic carbocycles. The lowest BCUT2D eigenvalue weighted by Gasteiger charge is -2.28. The molecule has 0 fully saturated rings. The number of alkyl halides is 3. The maximum Gasteiger partial charge on any atom is 0.417 e. The lowest BCUT2D eigenvalue weighted by molar-refractivity contribution is -0.384. The molecule has 0 spiro atoms. The number of halogens is 4. The van der Waals surface area contributed by atoms with Gasteiger partial charge in [0.05, 0.1) is 21.2 Å². The fourth-order valence-corrected chi connectivity index (χ4v) is 2.87. The van der Waals surface area contributed by atoms with Gasteiger partial charge in [0.15, 0.2) is 6.61 Å². The summed E-state index contributed by atoms with van der Waals surface area (Å²) in [5.74, 6) is -1.29. The standard InChI is InChI=1S/C17H11ClF3N3O5/c18-12-3-1-9(5-11(12)17(19,20)21)22-15(25)7-23-13-6-10(24(27)28)2-4-14(13)29-8-16(23)26/h1-6H,7-8H2,(H,22,25). The molecular weight excluding hydrogens is 419 g/mol. The van der Waals surface area contributed by atoms with E-state index >= 15 is 0 Å². The molecule has 3 rings (SSSR count). The molecule has 0 aromatic heterocycles. The number of hydrogen-bond donors (Lipinski definition) is 1. The van der Waals surface area contributed by atoms with Crippen LogP contribution in [0.1, 0.15) is 5.56 Å². The number of anilines is 2. The van der Waals surface area contributed by atoms with Crippen LogP contribution in [0.5, 0.6) is 5.75 Å². The normalized spacial score (nSPS) is 13.5. The van der Waals surface area contributed by atoms with Crippen molar-refractivity contribution >= 4 is 40.5 Å². The van der Waals surface area contributed by atoms with E-state index in [2.05, 4.69) is 5.32 Å². The Morgan fingerprint density at radius 3 is 2.66 bits per heavy atom. The average molecular weight is 430 g/mol. The number of nitro groups is 1. The Kier molecular flexibility index (Phi) is 5.33. The number of carbonyl (C=O) groups is 2. The Morgan fingerprint density at radius 2 is 2.00 bits per heavy atom. The van der Waals surface area contributed by atoms with Crippen molar-refractivity contribution in [2.45, 2.75) is 6.18 Å². The summed E-state index contributed by atoms with van der Waals surface area (Å²) >= 11 is 5.53. The third kappa shape index (κ3) is 4.40. The SMILES string of the molecule is O=C(CN1C(=O)COc2ccc([N+](=O)[O-])cc21)Nc1ccc(Cl)c(C(F)(F)F)c1. The van der Waals surface area contributed by atoms with E-state index < -0.39 is 46.7 Å². The lowest BCUT2D eigenvalue weighted by atomic mass is 10.2. The van der Waals surface area contributed by atoms with Crippen molar-refractivity contribution in [2.24, 2.45) is 0 Å². The first-order valence-electron chi connectivity index (χ1n) is 7.94. The minimum Gasteiger partial charge on any atom is -0.482 e. The van der Waals surface area contributed by atoms with Crippen LogP contribution in [0.25, 0.3) is 0 Å². The molecule has 1 heterocycles. The molecule has 0 saturated heterocycles. The number of hydrogen-bond acceptors (Lipinski definition) is 5. The lowest BCUT2D eigenvalue weighted by Crippen LogP contribution is -2.43. The number of fused-ring (bicyclic) bond motifs is 1. The van der Waals surface area contributed by atoms with Gasteiger partial charge in [0.1, 0.15) is 12.3 Å². The first kappa shape index (κ1) is 20.4. The highest BCUT2D eigenvalue weighted by atomic mass is 35.5. The molecule has 152 valence electrons. The van der Waals surface area contributed by atoms with E-state index in [-0.39, 0.29) is 22.8 Å². The summed E-state index contributed by atoms with van der Waals surface area (Å²) in [6.07, 6.45) is -4.71. The van der Waals surface area contributed by atoms with Crippen molar-refractivity contribution < 1.29 is 32.4 Å². The molecule has 12 heteroatoms. The van der Waals surface area contributed by atoms with Crippen LogP contribution in [0.4, 0.5) is 30.2 Å². The summed E-state index contributed by atoms with van der Waals surface area (Å²) in [7, 11) is 0. The van der Waals surface area contributed by atoms with Gasteiger partial charge in [-0.2, -0.15) is 13.2 Å². The van der Waals surface area contributed by atoms with E-state index in [9.17, 15) is 32.9 Å². The second kappa shape index (κ2) is 7.59. The molecule has 2 aromatic rings. The maximum atomic E-state index is 12.9. The van der Waals surface area contributed by atoms with E-state index in [1.807, 2.05) is 0 Å². The van der Waals surface area contributed by atoms with Gasteiger partial charge in [-0.3, -0.25) is 24.6 Å². The smallest absolute Gasteiger partial charge is 0.417 e. The number of nitro benzene ring substituents is 1. The molecular formula is C17H11ClF3N3O5. The number of ether oxygens (including phenoxy) is 1. The van der Waals surface area contributed by atoms with Crippen LogP contribution in [-0.4, -0.2) is 29.9 Å². The highest BCUT2D eigenvalue weighted by Crippen LogP contribution is 2.37. The van der Waals surface area contributed by atoms with Gasteiger partial charge in [-0.15, -0.1) is 0 Å². The van der Waals surface area contributed by atoms with Gasteiger partial charge in [0.25, 0.3) is 11.6 Å². The predicted octanol–water partition coefficient (Wildman–Crippen LogP) is 3.63. The Hall–Kier alpha value is -3.34. The van der Waals surface area contributed by atoms with E-state index in [0.29, 0.717) is 6.07 Å². The third-order valence-corrected chi connectivity index (χ3v) is 4.28. The molecule has 0 aliphatic carbocycles. The highest BCUT2D eigenvalue weighted by molar-refractivity contribution is 6.31. The predicted molar refractivity (Wildman–Crippen MR) is 96.0 cm³/mol. The zero-order chi connectivity index (χ0) is 21.3. The third-order valence-electron chi connectivity index (χ3n) is 3.95. The number of non-ortho nitro benzene ring substituents is 1. The molecule has 0 saturated carbocycles. The van der Waals surface area contributed by atoms with Crippen molar-refractivity contribution in [3.05, 3.63) is 57.1 Å². The highest BCUT2D eigenvalue weighted by Gasteiger charge is 2.34. The number of amides is 2. The van der Waals surface area contributed by atoms with E-state index in [0.717, 1.165) is 17.0 Å². The minimum absolute atomic E-state index is 0.0117. The zero-order valence-corrected chi connectivity index (χ0v) is 15.1. The van der Waals surface area contributed by atoms with Gasteiger partial charge in [0.2, 0.25) is 5.91 Å². The van der Waals surface area contributed by atoms with Gasteiger partial charge >= 0.3 is 6.18 Å². The van der Waals surface area contributed by atoms with Crippen LogP contribution >= 0.6 is 11.6 Å². The summed E-state index contributed by atoms with van der Waals surface area (Å²) < 4.78 is 44.0. The van der Waals surface area contributed by atoms with Crippen LogP contribution in [0.15, 0.2) is 36.4 Å². The first-order chi connectivity index (χ1) is 13.6. The number of nitrogens with zero attached hydrogens (tertiary/aromatic N) is 2. The molecule has 0 atom stereocenters. The summed E-state index contributed by atoms with van der Waals surface area (Å²) in [6, 6.07) is 6.37. The number of benzene rings is 2. The summed E-state index contributed by atoms with van der Waals surface area (Å²) in [5.41, 5.74) is -1.61. The van der Waals surface area contributed by atoms with Gasteiger partial charge in [0, 0.05) is 17.8 Å². The second-order valence-electron chi connectivity index (χ2n) is 5.92. The van der Waals surface area contributed by atoms with Crippen LogP contribution in [0.3, 0.4) is 0 Å². The van der Waals surface area contributed by atoms with Gasteiger partial charge in [-0.1, -0.05) is 11.6 Å². The number of carbonyl (C=O) groups excluding carboxylic acids is 2. The zero-order valence-electron chi connectivity index (χ0n) is 14.3. The maximum absolute atomic E-state index is 12.9. The second-order valence-corrected chi connectivity index (χ2v) is 6.33. The molecule has 8 nitrogen and oxygen atoms in total. The Bertz CT molecular complexity index is 1010. The molecule has 1 aliphatic rings. The molecule has 1 N–H and O–H groups in total. The Morgan fingerprint density at radius 1 is 1.28 bits per heavy atom. The fourth-order valence-electron chi connectivity index (χ4n) is 2.64. The Labute approximate surface area is 166 Å². The monoisotopic (exact) mass is 429 g/mol. The largest absolute Gasteiger partial charge is 0.482 e. The van der Waals surface area contributed by atoms with E-state index in [1.54, 1.807) is 0 Å². The van der Waals surface area contributed by atoms with Crippen LogP contribution in [0, 0.1) is 10.1 Å². The Balaban J connectivity index is 1.82. The fraction of sp³-hybridized carbons (Fsp3) is 0.176. The summed E-state index contributed by atoms with van der Waals surface area (Å²) in [4.78, 5) is 35.7. The summed E-state index contributed by atoms with van der Waals surface area (Å²) in [6.45, 7) is -0.975. The number of rotatable bonds is 4. The van der Waals surface area contributed by atoms with Crippen molar-refractivity contribution in [3.8, 4) is 5.75 Å².